The molecule has 0 spiro atoms. The molecule has 0 atom stereocenters. The SMILES string of the molecule is N#Cc1cc(-c2c(C#N)cccc2-n2c3ccccc3c3ccccc32)ccc1[Si](c1ccccc1)(c1ccccc1)c1ccccc1. The molecule has 8 rings (SSSR count). The first kappa shape index (κ1) is 29.0. The van der Waals surface area contributed by atoms with Gasteiger partial charge in [0, 0.05) is 16.3 Å². The zero-order chi connectivity index (χ0) is 32.5. The predicted molar refractivity (Wildman–Crippen MR) is 199 cm³/mol. The molecule has 0 aliphatic heterocycles. The van der Waals surface area contributed by atoms with E-state index in [1.165, 1.54) is 15.6 Å². The van der Waals surface area contributed by atoms with Gasteiger partial charge in [-0.15, -0.1) is 0 Å². The van der Waals surface area contributed by atoms with Crippen molar-refractivity contribution in [3.8, 4) is 29.0 Å². The molecule has 8 aromatic rings. The molecule has 48 heavy (non-hydrogen) atoms. The molecular formula is C44H29N3Si. The van der Waals surface area contributed by atoms with Gasteiger partial charge in [0.1, 0.15) is 0 Å². The zero-order valence-electron chi connectivity index (χ0n) is 26.1. The van der Waals surface area contributed by atoms with Gasteiger partial charge in [0.25, 0.3) is 0 Å². The maximum absolute atomic E-state index is 11.0. The lowest BCUT2D eigenvalue weighted by Crippen LogP contribution is -2.75. The molecule has 0 unspecified atom stereocenters. The second-order valence-electron chi connectivity index (χ2n) is 11.9. The van der Waals surface area contributed by atoms with Crippen LogP contribution in [0.2, 0.25) is 0 Å². The third-order valence-electron chi connectivity index (χ3n) is 9.44. The predicted octanol–water partition coefficient (Wildman–Crippen LogP) is 7.57. The van der Waals surface area contributed by atoms with E-state index in [0.717, 1.165) is 43.8 Å². The Morgan fingerprint density at radius 3 is 1.42 bits per heavy atom. The summed E-state index contributed by atoms with van der Waals surface area (Å²) in [4.78, 5) is 0. The summed E-state index contributed by atoms with van der Waals surface area (Å²) in [6, 6.07) is 65.9. The van der Waals surface area contributed by atoms with E-state index < -0.39 is 8.07 Å². The second kappa shape index (κ2) is 12.0. The molecule has 1 aromatic heterocycles. The number of aromatic nitrogens is 1. The Bertz CT molecular complexity index is 2370. The Hall–Kier alpha value is -6.46. The Morgan fingerprint density at radius 2 is 0.917 bits per heavy atom. The molecule has 0 amide bonds. The van der Waals surface area contributed by atoms with Crippen molar-refractivity contribution in [3.63, 3.8) is 0 Å². The van der Waals surface area contributed by atoms with Gasteiger partial charge in [0.05, 0.1) is 40.0 Å². The fourth-order valence-electron chi connectivity index (χ4n) is 7.46. The van der Waals surface area contributed by atoms with Crippen molar-refractivity contribution in [1.29, 1.82) is 10.5 Å². The summed E-state index contributed by atoms with van der Waals surface area (Å²) >= 11 is 0. The molecule has 0 bridgehead atoms. The average Bonchev–Trinajstić information content (AvgIpc) is 3.50. The van der Waals surface area contributed by atoms with Gasteiger partial charge in [-0.2, -0.15) is 10.5 Å². The first-order chi connectivity index (χ1) is 23.8. The van der Waals surface area contributed by atoms with Gasteiger partial charge in [0.15, 0.2) is 8.07 Å². The van der Waals surface area contributed by atoms with Gasteiger partial charge in [0.2, 0.25) is 0 Å². The minimum atomic E-state index is -2.94. The Morgan fingerprint density at radius 1 is 0.438 bits per heavy atom. The molecule has 0 saturated heterocycles. The van der Waals surface area contributed by atoms with Crippen molar-refractivity contribution in [1.82, 2.24) is 4.57 Å². The van der Waals surface area contributed by atoms with Crippen molar-refractivity contribution in [2.45, 2.75) is 0 Å². The van der Waals surface area contributed by atoms with Crippen molar-refractivity contribution in [2.75, 3.05) is 0 Å². The Labute approximate surface area is 280 Å². The molecule has 0 aliphatic carbocycles. The number of para-hydroxylation sites is 2. The highest BCUT2D eigenvalue weighted by molar-refractivity contribution is 7.20. The third kappa shape index (κ3) is 4.48. The lowest BCUT2D eigenvalue weighted by molar-refractivity contribution is 1.18. The van der Waals surface area contributed by atoms with Crippen LogP contribution in [0.25, 0.3) is 38.6 Å². The summed E-state index contributed by atoms with van der Waals surface area (Å²) < 4.78 is 2.25. The molecule has 0 aliphatic rings. The molecule has 1 heterocycles. The van der Waals surface area contributed by atoms with E-state index in [1.54, 1.807) is 0 Å². The first-order valence-electron chi connectivity index (χ1n) is 16.0. The smallest absolute Gasteiger partial charge is 0.180 e. The number of hydrogen-bond acceptors (Lipinski definition) is 2. The van der Waals surface area contributed by atoms with E-state index in [-0.39, 0.29) is 0 Å². The summed E-state index contributed by atoms with van der Waals surface area (Å²) in [6.45, 7) is 0. The molecule has 224 valence electrons. The topological polar surface area (TPSA) is 52.5 Å². The van der Waals surface area contributed by atoms with Crippen LogP contribution in [-0.2, 0) is 0 Å². The van der Waals surface area contributed by atoms with Gasteiger partial charge in [-0.25, -0.2) is 0 Å². The first-order valence-corrected chi connectivity index (χ1v) is 18.0. The highest BCUT2D eigenvalue weighted by atomic mass is 28.3. The van der Waals surface area contributed by atoms with Crippen LogP contribution in [0.1, 0.15) is 11.1 Å². The summed E-state index contributed by atoms with van der Waals surface area (Å²) in [5.41, 5.74) is 5.84. The average molecular weight is 628 g/mol. The quantitative estimate of drug-likeness (QED) is 0.141. The molecule has 0 N–H and O–H groups in total. The van der Waals surface area contributed by atoms with Gasteiger partial charge in [-0.05, 0) is 56.6 Å². The number of fused-ring (bicyclic) bond motifs is 3. The second-order valence-corrected chi connectivity index (χ2v) is 15.7. The molecule has 4 heteroatoms. The van der Waals surface area contributed by atoms with Crippen LogP contribution in [0.4, 0.5) is 0 Å². The molecular weight excluding hydrogens is 599 g/mol. The largest absolute Gasteiger partial charge is 0.309 e. The summed E-state index contributed by atoms with van der Waals surface area (Å²) in [6.07, 6.45) is 0. The van der Waals surface area contributed by atoms with Gasteiger partial charge < -0.3 is 4.57 Å². The van der Waals surface area contributed by atoms with Crippen LogP contribution in [-0.4, -0.2) is 12.6 Å². The third-order valence-corrected chi connectivity index (χ3v) is 14.3. The standard InChI is InChI=1S/C44H29N3Si/c45-30-33-15-14-26-42(47-40-24-12-10-22-38(40)39-23-11-13-25-41(39)47)44(33)32-27-28-43(34(29-32)31-46)48(35-16-4-1-5-17-35,36-18-6-2-7-19-36)37-20-8-3-9-21-37/h1-29H. The number of nitrogens with zero attached hydrogens (tertiary/aromatic N) is 3. The van der Waals surface area contributed by atoms with Gasteiger partial charge in [-0.1, -0.05) is 146 Å². The van der Waals surface area contributed by atoms with E-state index in [0.29, 0.717) is 11.1 Å². The lowest BCUT2D eigenvalue weighted by Gasteiger charge is -2.35. The van der Waals surface area contributed by atoms with Gasteiger partial charge in [-0.3, -0.25) is 0 Å². The van der Waals surface area contributed by atoms with Crippen molar-refractivity contribution < 1.29 is 0 Å². The van der Waals surface area contributed by atoms with E-state index in [9.17, 15) is 10.5 Å². The minimum Gasteiger partial charge on any atom is -0.309 e. The van der Waals surface area contributed by atoms with E-state index in [4.69, 9.17) is 0 Å². The van der Waals surface area contributed by atoms with E-state index >= 15 is 0 Å². The molecule has 7 aromatic carbocycles. The van der Waals surface area contributed by atoms with Crippen molar-refractivity contribution in [2.24, 2.45) is 0 Å². The fourth-order valence-corrected chi connectivity index (χ4v) is 12.3. The summed E-state index contributed by atoms with van der Waals surface area (Å²) in [5, 5.41) is 28.4. The number of rotatable bonds is 6. The number of benzene rings is 7. The number of hydrogen-bond donors (Lipinski definition) is 0. The van der Waals surface area contributed by atoms with Gasteiger partial charge >= 0.3 is 0 Å². The normalized spacial score (nSPS) is 11.3. The highest BCUT2D eigenvalue weighted by Gasteiger charge is 2.43. The van der Waals surface area contributed by atoms with E-state index in [1.807, 2.05) is 36.4 Å². The van der Waals surface area contributed by atoms with Crippen LogP contribution in [0, 0.1) is 22.7 Å². The zero-order valence-corrected chi connectivity index (χ0v) is 27.1. The van der Waals surface area contributed by atoms with Crippen LogP contribution in [0.15, 0.2) is 176 Å². The fraction of sp³-hybridized carbons (Fsp3) is 0. The summed E-state index contributed by atoms with van der Waals surface area (Å²) in [7, 11) is -2.94. The van der Waals surface area contributed by atoms with Crippen LogP contribution >= 0.6 is 0 Å². The maximum Gasteiger partial charge on any atom is 0.180 e. The number of nitriles is 2. The summed E-state index contributed by atoms with van der Waals surface area (Å²) in [5.74, 6) is 0. The highest BCUT2D eigenvalue weighted by Crippen LogP contribution is 2.37. The molecule has 0 fully saturated rings. The van der Waals surface area contributed by atoms with Crippen molar-refractivity contribution in [3.05, 3.63) is 187 Å². The molecule has 3 nitrogen and oxygen atoms in total. The Kier molecular flexibility index (Phi) is 7.27. The lowest BCUT2D eigenvalue weighted by atomic mass is 9.96. The van der Waals surface area contributed by atoms with Crippen molar-refractivity contribution >= 4 is 50.6 Å². The van der Waals surface area contributed by atoms with Crippen LogP contribution < -0.4 is 20.7 Å². The van der Waals surface area contributed by atoms with Crippen LogP contribution in [0.5, 0.6) is 0 Å². The van der Waals surface area contributed by atoms with E-state index in [2.05, 4.69) is 156 Å². The molecule has 0 saturated carbocycles. The van der Waals surface area contributed by atoms with Crippen LogP contribution in [0.3, 0.4) is 0 Å². The maximum atomic E-state index is 11.0. The minimum absolute atomic E-state index is 0.559. The monoisotopic (exact) mass is 627 g/mol. The molecule has 0 radical (unpaired) electrons. The Balaban J connectivity index is 1.43.